The van der Waals surface area contributed by atoms with Gasteiger partial charge >= 0.3 is 0 Å². The van der Waals surface area contributed by atoms with E-state index in [0.29, 0.717) is 5.92 Å². The molecule has 1 heterocycles. The molecular weight excluding hydrogens is 246 g/mol. The Labute approximate surface area is 122 Å². The van der Waals surface area contributed by atoms with Gasteiger partial charge in [-0.25, -0.2) is 0 Å². The van der Waals surface area contributed by atoms with E-state index in [-0.39, 0.29) is 12.1 Å². The molecule has 0 spiro atoms. The fourth-order valence-corrected chi connectivity index (χ4v) is 3.79. The van der Waals surface area contributed by atoms with Crippen molar-refractivity contribution in [1.29, 1.82) is 0 Å². The van der Waals surface area contributed by atoms with Gasteiger partial charge < -0.3 is 10.5 Å². The van der Waals surface area contributed by atoms with Crippen LogP contribution in [0, 0.1) is 5.92 Å². The summed E-state index contributed by atoms with van der Waals surface area (Å²) in [6, 6.07) is 9.06. The van der Waals surface area contributed by atoms with Crippen LogP contribution in [0.15, 0.2) is 24.3 Å². The molecule has 2 aliphatic rings. The number of hydrogen-bond donors (Lipinski definition) is 1. The molecule has 0 bridgehead atoms. The number of ether oxygens (including phenoxy) is 1. The molecule has 3 rings (SSSR count). The maximum Gasteiger partial charge on any atom is 0.0793 e. The van der Waals surface area contributed by atoms with E-state index < -0.39 is 0 Å². The third-order valence-corrected chi connectivity index (χ3v) is 5.20. The molecular formula is C18H27NO. The first-order chi connectivity index (χ1) is 9.75. The topological polar surface area (TPSA) is 35.2 Å². The van der Waals surface area contributed by atoms with Crippen LogP contribution in [0.2, 0.25) is 0 Å². The molecule has 0 aromatic heterocycles. The van der Waals surface area contributed by atoms with Gasteiger partial charge in [-0.2, -0.15) is 0 Å². The Morgan fingerprint density at radius 3 is 2.35 bits per heavy atom. The van der Waals surface area contributed by atoms with Gasteiger partial charge in [0.1, 0.15) is 0 Å². The van der Waals surface area contributed by atoms with E-state index in [1.807, 2.05) is 0 Å². The monoisotopic (exact) mass is 273 g/mol. The normalized spacial score (nSPS) is 29.5. The highest BCUT2D eigenvalue weighted by atomic mass is 16.5. The van der Waals surface area contributed by atoms with Crippen LogP contribution in [0.4, 0.5) is 0 Å². The summed E-state index contributed by atoms with van der Waals surface area (Å²) in [5, 5.41) is 0. The van der Waals surface area contributed by atoms with Crippen LogP contribution in [-0.2, 0) is 4.74 Å². The SMILES string of the molecule is CC1CCOC1C(N)c1ccc(C2CCCCC2)cc1. The van der Waals surface area contributed by atoms with E-state index >= 15 is 0 Å². The molecule has 3 atom stereocenters. The molecule has 0 amide bonds. The van der Waals surface area contributed by atoms with Gasteiger partial charge in [0.2, 0.25) is 0 Å². The minimum absolute atomic E-state index is 0.0212. The molecule has 3 unspecified atom stereocenters. The predicted molar refractivity (Wildman–Crippen MR) is 82.7 cm³/mol. The van der Waals surface area contributed by atoms with E-state index in [2.05, 4.69) is 31.2 Å². The van der Waals surface area contributed by atoms with Crippen molar-refractivity contribution in [1.82, 2.24) is 0 Å². The average Bonchev–Trinajstić information content (AvgIpc) is 2.94. The molecule has 1 aromatic carbocycles. The molecule has 0 radical (unpaired) electrons. The Morgan fingerprint density at radius 1 is 1.05 bits per heavy atom. The zero-order valence-corrected chi connectivity index (χ0v) is 12.6. The Hall–Kier alpha value is -0.860. The largest absolute Gasteiger partial charge is 0.376 e. The summed E-state index contributed by atoms with van der Waals surface area (Å²) < 4.78 is 5.80. The van der Waals surface area contributed by atoms with Gasteiger partial charge in [0.05, 0.1) is 12.1 Å². The van der Waals surface area contributed by atoms with Crippen LogP contribution in [-0.4, -0.2) is 12.7 Å². The van der Waals surface area contributed by atoms with Crippen LogP contribution in [0.5, 0.6) is 0 Å². The van der Waals surface area contributed by atoms with Crippen molar-refractivity contribution in [2.75, 3.05) is 6.61 Å². The summed E-state index contributed by atoms with van der Waals surface area (Å²) in [4.78, 5) is 0. The minimum atomic E-state index is 0.0212. The van der Waals surface area contributed by atoms with Crippen molar-refractivity contribution in [3.8, 4) is 0 Å². The van der Waals surface area contributed by atoms with E-state index in [0.717, 1.165) is 18.9 Å². The predicted octanol–water partition coefficient (Wildman–Crippen LogP) is 4.16. The average molecular weight is 273 g/mol. The molecule has 1 aliphatic heterocycles. The van der Waals surface area contributed by atoms with Crippen molar-refractivity contribution >= 4 is 0 Å². The summed E-state index contributed by atoms with van der Waals surface area (Å²) in [6.07, 6.45) is 8.23. The van der Waals surface area contributed by atoms with Crippen LogP contribution in [0.3, 0.4) is 0 Å². The summed E-state index contributed by atoms with van der Waals surface area (Å²) in [5.74, 6) is 1.35. The second-order valence-corrected chi connectivity index (χ2v) is 6.63. The molecule has 2 fully saturated rings. The van der Waals surface area contributed by atoms with Gasteiger partial charge in [-0.05, 0) is 42.2 Å². The van der Waals surface area contributed by atoms with E-state index in [4.69, 9.17) is 10.5 Å². The van der Waals surface area contributed by atoms with Gasteiger partial charge in [-0.3, -0.25) is 0 Å². The second kappa shape index (κ2) is 6.28. The van der Waals surface area contributed by atoms with E-state index in [1.165, 1.54) is 43.2 Å². The third-order valence-electron chi connectivity index (χ3n) is 5.20. The van der Waals surface area contributed by atoms with Crippen molar-refractivity contribution in [2.24, 2.45) is 11.7 Å². The molecule has 2 heteroatoms. The molecule has 1 saturated heterocycles. The fourth-order valence-electron chi connectivity index (χ4n) is 3.79. The zero-order chi connectivity index (χ0) is 13.9. The highest BCUT2D eigenvalue weighted by molar-refractivity contribution is 5.28. The molecule has 20 heavy (non-hydrogen) atoms. The zero-order valence-electron chi connectivity index (χ0n) is 12.6. The summed E-state index contributed by atoms with van der Waals surface area (Å²) >= 11 is 0. The van der Waals surface area contributed by atoms with Crippen LogP contribution in [0.1, 0.15) is 68.5 Å². The molecule has 2 N–H and O–H groups in total. The number of rotatable bonds is 3. The van der Waals surface area contributed by atoms with Crippen LogP contribution >= 0.6 is 0 Å². The Morgan fingerprint density at radius 2 is 1.75 bits per heavy atom. The Kier molecular flexibility index (Phi) is 4.42. The third kappa shape index (κ3) is 2.91. The lowest BCUT2D eigenvalue weighted by atomic mass is 9.83. The Balaban J connectivity index is 1.68. The first-order valence-corrected chi connectivity index (χ1v) is 8.23. The highest BCUT2D eigenvalue weighted by Gasteiger charge is 2.30. The lowest BCUT2D eigenvalue weighted by Crippen LogP contribution is -2.29. The first kappa shape index (κ1) is 14.1. The van der Waals surface area contributed by atoms with Crippen molar-refractivity contribution < 1.29 is 4.74 Å². The number of benzene rings is 1. The van der Waals surface area contributed by atoms with Crippen LogP contribution < -0.4 is 5.73 Å². The first-order valence-electron chi connectivity index (χ1n) is 8.23. The smallest absolute Gasteiger partial charge is 0.0793 e. The molecule has 2 nitrogen and oxygen atoms in total. The second-order valence-electron chi connectivity index (χ2n) is 6.63. The van der Waals surface area contributed by atoms with Gasteiger partial charge in [0, 0.05) is 6.61 Å². The number of hydrogen-bond acceptors (Lipinski definition) is 2. The highest BCUT2D eigenvalue weighted by Crippen LogP contribution is 2.34. The molecule has 1 saturated carbocycles. The Bertz CT molecular complexity index is 422. The van der Waals surface area contributed by atoms with Crippen molar-refractivity contribution in [3.05, 3.63) is 35.4 Å². The van der Waals surface area contributed by atoms with Crippen molar-refractivity contribution in [3.63, 3.8) is 0 Å². The maximum atomic E-state index is 6.39. The summed E-state index contributed by atoms with van der Waals surface area (Å²) in [7, 11) is 0. The quantitative estimate of drug-likeness (QED) is 0.897. The summed E-state index contributed by atoms with van der Waals surface area (Å²) in [5.41, 5.74) is 9.12. The molecule has 110 valence electrons. The van der Waals surface area contributed by atoms with Gasteiger partial charge in [0.25, 0.3) is 0 Å². The van der Waals surface area contributed by atoms with Gasteiger partial charge in [-0.15, -0.1) is 0 Å². The number of nitrogens with two attached hydrogens (primary N) is 1. The maximum absolute atomic E-state index is 6.39. The molecule has 1 aromatic rings. The standard InChI is InChI=1S/C18H27NO/c1-13-11-12-20-18(13)17(19)16-9-7-15(8-10-16)14-5-3-2-4-6-14/h7-10,13-14,17-18H,2-6,11-12,19H2,1H3. The van der Waals surface area contributed by atoms with Gasteiger partial charge in [0.15, 0.2) is 0 Å². The van der Waals surface area contributed by atoms with Gasteiger partial charge in [-0.1, -0.05) is 50.5 Å². The lowest BCUT2D eigenvalue weighted by molar-refractivity contribution is 0.0725. The minimum Gasteiger partial charge on any atom is -0.376 e. The van der Waals surface area contributed by atoms with E-state index in [1.54, 1.807) is 0 Å². The molecule has 1 aliphatic carbocycles. The summed E-state index contributed by atoms with van der Waals surface area (Å²) in [6.45, 7) is 3.10. The fraction of sp³-hybridized carbons (Fsp3) is 0.667. The lowest BCUT2D eigenvalue weighted by Gasteiger charge is -2.25. The van der Waals surface area contributed by atoms with Crippen molar-refractivity contribution in [2.45, 2.75) is 63.5 Å². The van der Waals surface area contributed by atoms with Crippen LogP contribution in [0.25, 0.3) is 0 Å². The van der Waals surface area contributed by atoms with E-state index in [9.17, 15) is 0 Å².